The third-order valence-corrected chi connectivity index (χ3v) is 2.92. The van der Waals surface area contributed by atoms with Gasteiger partial charge in [-0.25, -0.2) is 9.89 Å². The van der Waals surface area contributed by atoms with E-state index in [4.69, 9.17) is 6.42 Å². The number of hydrogen-bond acceptors (Lipinski definition) is 3. The summed E-state index contributed by atoms with van der Waals surface area (Å²) in [6.07, 6.45) is 6.87. The van der Waals surface area contributed by atoms with Crippen LogP contribution in [0, 0.1) is 12.3 Å². The molecule has 1 heterocycles. The average molecular weight is 225 g/mol. The summed E-state index contributed by atoms with van der Waals surface area (Å²) >= 11 is 1.56. The van der Waals surface area contributed by atoms with E-state index in [2.05, 4.69) is 16.1 Å². The second-order valence-electron chi connectivity index (χ2n) is 3.43. The van der Waals surface area contributed by atoms with E-state index in [0.717, 1.165) is 23.8 Å². The van der Waals surface area contributed by atoms with Crippen LogP contribution in [0.3, 0.4) is 0 Å². The van der Waals surface area contributed by atoms with Gasteiger partial charge in [0.25, 0.3) is 0 Å². The van der Waals surface area contributed by atoms with Crippen LogP contribution in [0.25, 0.3) is 0 Å². The molecule has 0 amide bonds. The number of aromatic amines is 1. The van der Waals surface area contributed by atoms with E-state index in [0.29, 0.717) is 0 Å². The normalized spacial score (nSPS) is 10.5. The molecule has 15 heavy (non-hydrogen) atoms. The van der Waals surface area contributed by atoms with Gasteiger partial charge in [0, 0.05) is 18.2 Å². The summed E-state index contributed by atoms with van der Waals surface area (Å²) in [5, 5.41) is 7.17. The molecule has 0 spiro atoms. The van der Waals surface area contributed by atoms with Crippen molar-refractivity contribution in [2.45, 2.75) is 37.9 Å². The second kappa shape index (κ2) is 5.66. The predicted octanol–water partition coefficient (Wildman–Crippen LogP) is 1.66. The van der Waals surface area contributed by atoms with E-state index in [1.807, 2.05) is 13.8 Å². The molecule has 0 radical (unpaired) electrons. The fourth-order valence-corrected chi connectivity index (χ4v) is 2.20. The maximum absolute atomic E-state index is 11.4. The van der Waals surface area contributed by atoms with Crippen LogP contribution >= 0.6 is 11.8 Å². The van der Waals surface area contributed by atoms with Crippen molar-refractivity contribution in [2.24, 2.45) is 0 Å². The van der Waals surface area contributed by atoms with Gasteiger partial charge in [-0.15, -0.1) is 17.4 Å². The van der Waals surface area contributed by atoms with Gasteiger partial charge >= 0.3 is 5.69 Å². The number of hydrogen-bond donors (Lipinski definition) is 1. The lowest BCUT2D eigenvalue weighted by atomic mass is 10.4. The molecule has 0 saturated carbocycles. The first-order valence-corrected chi connectivity index (χ1v) is 5.88. The molecule has 0 saturated heterocycles. The zero-order valence-electron chi connectivity index (χ0n) is 8.99. The Morgan fingerprint density at radius 2 is 2.40 bits per heavy atom. The van der Waals surface area contributed by atoms with E-state index < -0.39 is 0 Å². The van der Waals surface area contributed by atoms with Crippen molar-refractivity contribution in [3.05, 3.63) is 10.5 Å². The Labute approximate surface area is 93.5 Å². The molecule has 0 fully saturated rings. The molecule has 1 aromatic heterocycles. The highest BCUT2D eigenvalue weighted by Crippen LogP contribution is 2.17. The summed E-state index contributed by atoms with van der Waals surface area (Å²) in [6.45, 7) is 3.92. The first kappa shape index (κ1) is 11.9. The first-order valence-electron chi connectivity index (χ1n) is 4.90. The van der Waals surface area contributed by atoms with Crippen molar-refractivity contribution in [3.8, 4) is 12.3 Å². The molecule has 4 nitrogen and oxygen atoms in total. The maximum atomic E-state index is 11.4. The van der Waals surface area contributed by atoms with Crippen molar-refractivity contribution < 1.29 is 0 Å². The molecule has 1 aromatic rings. The van der Waals surface area contributed by atoms with Crippen molar-refractivity contribution in [2.75, 3.05) is 5.75 Å². The molecule has 0 aliphatic carbocycles. The quantitative estimate of drug-likeness (QED) is 0.471. The molecule has 82 valence electrons. The highest BCUT2D eigenvalue weighted by atomic mass is 32.2. The van der Waals surface area contributed by atoms with Gasteiger partial charge < -0.3 is 0 Å². The van der Waals surface area contributed by atoms with E-state index in [-0.39, 0.29) is 11.7 Å². The second-order valence-corrected chi connectivity index (χ2v) is 4.49. The third kappa shape index (κ3) is 3.17. The number of rotatable bonds is 5. The summed E-state index contributed by atoms with van der Waals surface area (Å²) in [5.74, 6) is 3.48. The number of thioether (sulfide) groups is 1. The Morgan fingerprint density at radius 3 is 3.00 bits per heavy atom. The van der Waals surface area contributed by atoms with Gasteiger partial charge in [-0.05, 0) is 20.3 Å². The fourth-order valence-electron chi connectivity index (χ4n) is 1.19. The fraction of sp³-hybridized carbons (Fsp3) is 0.600. The summed E-state index contributed by atoms with van der Waals surface area (Å²) < 4.78 is 1.65. The van der Waals surface area contributed by atoms with E-state index in [1.165, 1.54) is 0 Å². The van der Waals surface area contributed by atoms with Gasteiger partial charge in [-0.2, -0.15) is 0 Å². The van der Waals surface area contributed by atoms with Crippen LogP contribution in [-0.2, 0) is 0 Å². The molecule has 0 atom stereocenters. The first-order chi connectivity index (χ1) is 7.16. The Morgan fingerprint density at radius 1 is 1.67 bits per heavy atom. The van der Waals surface area contributed by atoms with Crippen molar-refractivity contribution in [3.63, 3.8) is 0 Å². The highest BCUT2D eigenvalue weighted by molar-refractivity contribution is 7.99. The Kier molecular flexibility index (Phi) is 4.50. The van der Waals surface area contributed by atoms with E-state index in [9.17, 15) is 4.79 Å². The van der Waals surface area contributed by atoms with Crippen molar-refractivity contribution >= 4 is 11.8 Å². The number of aromatic nitrogens is 3. The number of unbranched alkanes of at least 4 members (excludes halogenated alkanes) is 1. The lowest BCUT2D eigenvalue weighted by Gasteiger charge is -2.07. The zero-order valence-corrected chi connectivity index (χ0v) is 9.80. The zero-order chi connectivity index (χ0) is 11.3. The molecule has 0 bridgehead atoms. The molecule has 0 aliphatic heterocycles. The van der Waals surface area contributed by atoms with E-state index in [1.54, 1.807) is 16.3 Å². The van der Waals surface area contributed by atoms with Crippen molar-refractivity contribution in [1.29, 1.82) is 0 Å². The minimum atomic E-state index is -0.149. The number of nitrogens with one attached hydrogen (secondary N) is 1. The number of H-pyrrole nitrogens is 1. The van der Waals surface area contributed by atoms with Gasteiger partial charge in [0.15, 0.2) is 5.16 Å². The average Bonchev–Trinajstić information content (AvgIpc) is 2.54. The smallest absolute Gasteiger partial charge is 0.268 e. The Hall–Kier alpha value is -1.15. The van der Waals surface area contributed by atoms with Crippen LogP contribution in [0.15, 0.2) is 9.95 Å². The number of terminal acetylenes is 1. The summed E-state index contributed by atoms with van der Waals surface area (Å²) in [7, 11) is 0. The monoisotopic (exact) mass is 225 g/mol. The third-order valence-electron chi connectivity index (χ3n) is 1.89. The lowest BCUT2D eigenvalue weighted by molar-refractivity contribution is 0.534. The number of nitrogens with zero attached hydrogens (tertiary/aromatic N) is 2. The lowest BCUT2D eigenvalue weighted by Crippen LogP contribution is -2.19. The van der Waals surface area contributed by atoms with Crippen LogP contribution < -0.4 is 5.69 Å². The molecule has 0 aliphatic rings. The standard InChI is InChI=1S/C10H15N3OS/c1-4-5-6-7-15-10-12-11-9(14)13(10)8(2)3/h1,8H,5-7H2,2-3H3,(H,11,14). The Bertz CT molecular complexity index is 400. The van der Waals surface area contributed by atoms with Crippen molar-refractivity contribution in [1.82, 2.24) is 14.8 Å². The largest absolute Gasteiger partial charge is 0.344 e. The van der Waals surface area contributed by atoms with Crippen LogP contribution in [-0.4, -0.2) is 20.5 Å². The molecular formula is C10H15N3OS. The molecule has 5 heteroatoms. The molecular weight excluding hydrogens is 210 g/mol. The van der Waals surface area contributed by atoms with Gasteiger partial charge in [-0.1, -0.05) is 11.8 Å². The van der Waals surface area contributed by atoms with Gasteiger partial charge in [0.2, 0.25) is 0 Å². The molecule has 1 rings (SSSR count). The topological polar surface area (TPSA) is 50.7 Å². The van der Waals surface area contributed by atoms with E-state index >= 15 is 0 Å². The summed E-state index contributed by atoms with van der Waals surface area (Å²) in [6, 6.07) is 0.131. The maximum Gasteiger partial charge on any atom is 0.344 e. The predicted molar refractivity (Wildman–Crippen MR) is 62.0 cm³/mol. The van der Waals surface area contributed by atoms with Crippen LogP contribution in [0.1, 0.15) is 32.7 Å². The highest BCUT2D eigenvalue weighted by Gasteiger charge is 2.10. The minimum absolute atomic E-state index is 0.131. The van der Waals surface area contributed by atoms with Crippen LogP contribution in [0.2, 0.25) is 0 Å². The van der Waals surface area contributed by atoms with Crippen LogP contribution in [0.4, 0.5) is 0 Å². The molecule has 0 aromatic carbocycles. The Balaban J connectivity index is 2.62. The van der Waals surface area contributed by atoms with Crippen LogP contribution in [0.5, 0.6) is 0 Å². The van der Waals surface area contributed by atoms with Gasteiger partial charge in [-0.3, -0.25) is 4.57 Å². The summed E-state index contributed by atoms with van der Waals surface area (Å²) in [4.78, 5) is 11.4. The SMILES string of the molecule is C#CCCCSc1n[nH]c(=O)n1C(C)C. The molecule has 0 unspecified atom stereocenters. The summed E-state index contributed by atoms with van der Waals surface area (Å²) in [5.41, 5.74) is -0.149. The molecule has 1 N–H and O–H groups in total. The minimum Gasteiger partial charge on any atom is -0.268 e. The van der Waals surface area contributed by atoms with Gasteiger partial charge in [0.1, 0.15) is 0 Å². The van der Waals surface area contributed by atoms with Gasteiger partial charge in [0.05, 0.1) is 0 Å².